The molecular formula is C24H25NO3. The first-order chi connectivity index (χ1) is 13.7. The van der Waals surface area contributed by atoms with Gasteiger partial charge in [-0.15, -0.1) is 0 Å². The second-order valence-corrected chi connectivity index (χ2v) is 6.78. The van der Waals surface area contributed by atoms with E-state index in [0.717, 1.165) is 22.4 Å². The molecule has 3 aromatic rings. The maximum absolute atomic E-state index is 12.2. The lowest BCUT2D eigenvalue weighted by atomic mass is 10.0. The molecule has 4 heteroatoms. The summed E-state index contributed by atoms with van der Waals surface area (Å²) in [6.07, 6.45) is 0.430. The van der Waals surface area contributed by atoms with Crippen LogP contribution in [0.25, 0.3) is 0 Å². The zero-order valence-corrected chi connectivity index (χ0v) is 16.0. The van der Waals surface area contributed by atoms with Crippen LogP contribution in [-0.2, 0) is 24.3 Å². The van der Waals surface area contributed by atoms with Gasteiger partial charge in [-0.2, -0.15) is 0 Å². The van der Waals surface area contributed by atoms with Crippen molar-refractivity contribution in [2.24, 2.45) is 0 Å². The lowest BCUT2D eigenvalue weighted by Crippen LogP contribution is -2.42. The van der Waals surface area contributed by atoms with Crippen molar-refractivity contribution in [1.82, 2.24) is 4.90 Å². The molecule has 0 heterocycles. The Bertz CT molecular complexity index is 822. The number of hydrogen-bond acceptors (Lipinski definition) is 3. The lowest BCUT2D eigenvalue weighted by molar-refractivity contribution is -0.143. The lowest BCUT2D eigenvalue weighted by Gasteiger charge is -2.29. The van der Waals surface area contributed by atoms with Crippen LogP contribution in [0, 0.1) is 0 Å². The summed E-state index contributed by atoms with van der Waals surface area (Å²) < 4.78 is 5.20. The van der Waals surface area contributed by atoms with Gasteiger partial charge in [0, 0.05) is 13.1 Å². The minimum absolute atomic E-state index is 0.430. The molecule has 0 amide bonds. The second kappa shape index (κ2) is 9.72. The largest absolute Gasteiger partial charge is 0.497 e. The smallest absolute Gasteiger partial charge is 0.321 e. The van der Waals surface area contributed by atoms with Crippen LogP contribution in [0.4, 0.5) is 0 Å². The van der Waals surface area contributed by atoms with Crippen molar-refractivity contribution in [3.63, 3.8) is 0 Å². The molecule has 3 rings (SSSR count). The molecule has 0 unspecified atom stereocenters. The van der Waals surface area contributed by atoms with Crippen molar-refractivity contribution in [3.8, 4) is 5.75 Å². The minimum atomic E-state index is -0.817. The van der Waals surface area contributed by atoms with E-state index in [-0.39, 0.29) is 0 Å². The monoisotopic (exact) mass is 375 g/mol. The number of methoxy groups -OCH3 is 1. The number of aliphatic carboxylic acids is 1. The molecule has 0 saturated carbocycles. The normalized spacial score (nSPS) is 11.9. The maximum Gasteiger partial charge on any atom is 0.321 e. The third-order valence-corrected chi connectivity index (χ3v) is 4.77. The minimum Gasteiger partial charge on any atom is -0.497 e. The zero-order chi connectivity index (χ0) is 19.8. The van der Waals surface area contributed by atoms with E-state index >= 15 is 0 Å². The number of carboxylic acid groups (broad SMARTS) is 1. The molecule has 0 aliphatic carbocycles. The van der Waals surface area contributed by atoms with Gasteiger partial charge >= 0.3 is 5.97 Å². The molecule has 0 bridgehead atoms. The van der Waals surface area contributed by atoms with Gasteiger partial charge in [0.25, 0.3) is 0 Å². The number of benzene rings is 3. The Morgan fingerprint density at radius 3 is 1.75 bits per heavy atom. The van der Waals surface area contributed by atoms with E-state index in [1.165, 1.54) is 0 Å². The fourth-order valence-electron chi connectivity index (χ4n) is 3.27. The second-order valence-electron chi connectivity index (χ2n) is 6.78. The van der Waals surface area contributed by atoms with Crippen molar-refractivity contribution in [2.75, 3.05) is 7.11 Å². The highest BCUT2D eigenvalue weighted by Gasteiger charge is 2.26. The standard InChI is InChI=1S/C24H25NO3/c1-28-22-14-12-19(13-15-22)16-23(24(26)27)25(17-20-8-4-2-5-9-20)18-21-10-6-3-7-11-21/h2-15,23H,16-18H2,1H3,(H,26,27)/t23-/m1/s1. The van der Waals surface area contributed by atoms with E-state index in [4.69, 9.17) is 4.74 Å². The van der Waals surface area contributed by atoms with Gasteiger partial charge in [0.15, 0.2) is 0 Å². The summed E-state index contributed by atoms with van der Waals surface area (Å²) in [4.78, 5) is 14.2. The van der Waals surface area contributed by atoms with Gasteiger partial charge in [0.1, 0.15) is 11.8 Å². The van der Waals surface area contributed by atoms with Crippen LogP contribution in [0.15, 0.2) is 84.9 Å². The number of carbonyl (C=O) groups is 1. The third-order valence-electron chi connectivity index (χ3n) is 4.77. The van der Waals surface area contributed by atoms with E-state index < -0.39 is 12.0 Å². The average Bonchev–Trinajstić information content (AvgIpc) is 2.73. The zero-order valence-electron chi connectivity index (χ0n) is 16.0. The maximum atomic E-state index is 12.2. The Morgan fingerprint density at radius 2 is 1.32 bits per heavy atom. The SMILES string of the molecule is COc1ccc(C[C@H](C(=O)O)N(Cc2ccccc2)Cc2ccccc2)cc1. The molecule has 0 fully saturated rings. The van der Waals surface area contributed by atoms with Crippen LogP contribution in [0.3, 0.4) is 0 Å². The molecule has 3 aromatic carbocycles. The number of ether oxygens (including phenoxy) is 1. The highest BCUT2D eigenvalue weighted by Crippen LogP contribution is 2.19. The first-order valence-corrected chi connectivity index (χ1v) is 9.33. The fourth-order valence-corrected chi connectivity index (χ4v) is 3.27. The summed E-state index contributed by atoms with van der Waals surface area (Å²) in [5.74, 6) is -0.0521. The van der Waals surface area contributed by atoms with Gasteiger partial charge in [0.05, 0.1) is 7.11 Å². The van der Waals surface area contributed by atoms with Crippen LogP contribution in [-0.4, -0.2) is 29.1 Å². The van der Waals surface area contributed by atoms with Crippen molar-refractivity contribution < 1.29 is 14.6 Å². The van der Waals surface area contributed by atoms with E-state index in [1.807, 2.05) is 89.8 Å². The van der Waals surface area contributed by atoms with Gasteiger partial charge in [0.2, 0.25) is 0 Å². The highest BCUT2D eigenvalue weighted by molar-refractivity contribution is 5.74. The van der Waals surface area contributed by atoms with E-state index in [0.29, 0.717) is 19.5 Å². The summed E-state index contributed by atoms with van der Waals surface area (Å²) in [6, 6.07) is 27.0. The van der Waals surface area contributed by atoms with Gasteiger partial charge in [-0.1, -0.05) is 72.8 Å². The molecule has 0 aliphatic heterocycles. The van der Waals surface area contributed by atoms with Crippen molar-refractivity contribution in [1.29, 1.82) is 0 Å². The molecular weight excluding hydrogens is 350 g/mol. The van der Waals surface area contributed by atoms with Crippen molar-refractivity contribution >= 4 is 5.97 Å². The molecule has 0 spiro atoms. The molecule has 0 saturated heterocycles. The van der Waals surface area contributed by atoms with Gasteiger partial charge in [-0.25, -0.2) is 0 Å². The van der Waals surface area contributed by atoms with Crippen LogP contribution in [0.2, 0.25) is 0 Å². The summed E-state index contributed by atoms with van der Waals surface area (Å²) >= 11 is 0. The van der Waals surface area contributed by atoms with E-state index in [2.05, 4.69) is 0 Å². The first kappa shape index (κ1) is 19.6. The van der Waals surface area contributed by atoms with Crippen molar-refractivity contribution in [2.45, 2.75) is 25.6 Å². The highest BCUT2D eigenvalue weighted by atomic mass is 16.5. The summed E-state index contributed by atoms with van der Waals surface area (Å²) in [5.41, 5.74) is 3.16. The molecule has 28 heavy (non-hydrogen) atoms. The van der Waals surface area contributed by atoms with Crippen LogP contribution < -0.4 is 4.74 Å². The Morgan fingerprint density at radius 1 is 0.821 bits per heavy atom. The number of hydrogen-bond donors (Lipinski definition) is 1. The number of nitrogens with zero attached hydrogens (tertiary/aromatic N) is 1. The average molecular weight is 375 g/mol. The van der Waals surface area contributed by atoms with Crippen molar-refractivity contribution in [3.05, 3.63) is 102 Å². The van der Waals surface area contributed by atoms with Gasteiger partial charge in [-0.05, 0) is 35.2 Å². The Kier molecular flexibility index (Phi) is 6.82. The number of rotatable bonds is 9. The molecule has 4 nitrogen and oxygen atoms in total. The van der Waals surface area contributed by atoms with Gasteiger partial charge < -0.3 is 9.84 Å². The quantitative estimate of drug-likeness (QED) is 0.602. The predicted octanol–water partition coefficient (Wildman–Crippen LogP) is 4.39. The fraction of sp³-hybridized carbons (Fsp3) is 0.208. The van der Waals surface area contributed by atoms with Gasteiger partial charge in [-0.3, -0.25) is 9.69 Å². The Labute approximate surface area is 166 Å². The van der Waals surface area contributed by atoms with Crippen LogP contribution >= 0.6 is 0 Å². The van der Waals surface area contributed by atoms with E-state index in [9.17, 15) is 9.90 Å². The predicted molar refractivity (Wildman–Crippen MR) is 110 cm³/mol. The Balaban J connectivity index is 1.85. The summed E-state index contributed by atoms with van der Waals surface area (Å²) in [7, 11) is 1.62. The summed E-state index contributed by atoms with van der Waals surface area (Å²) in [5, 5.41) is 10.00. The molecule has 144 valence electrons. The molecule has 0 aromatic heterocycles. The molecule has 0 aliphatic rings. The van der Waals surface area contributed by atoms with Crippen LogP contribution in [0.5, 0.6) is 5.75 Å². The van der Waals surface area contributed by atoms with Crippen LogP contribution in [0.1, 0.15) is 16.7 Å². The third kappa shape index (κ3) is 5.44. The molecule has 0 radical (unpaired) electrons. The number of carboxylic acids is 1. The van der Waals surface area contributed by atoms with E-state index in [1.54, 1.807) is 7.11 Å². The molecule has 1 atom stereocenters. The first-order valence-electron chi connectivity index (χ1n) is 9.33. The topological polar surface area (TPSA) is 49.8 Å². The summed E-state index contributed by atoms with van der Waals surface area (Å²) in [6.45, 7) is 1.14. The Hall–Kier alpha value is -3.11. The molecule has 1 N–H and O–H groups in total.